The smallest absolute Gasteiger partial charge is 0.387 e. The Labute approximate surface area is 189 Å². The van der Waals surface area contributed by atoms with Gasteiger partial charge in [-0.2, -0.15) is 8.78 Å². The third-order valence-electron chi connectivity index (χ3n) is 5.01. The van der Waals surface area contributed by atoms with Crippen molar-refractivity contribution in [2.24, 2.45) is 0 Å². The second-order valence-electron chi connectivity index (χ2n) is 7.03. The lowest BCUT2D eigenvalue weighted by atomic mass is 10.1. The van der Waals surface area contributed by atoms with Crippen LogP contribution in [0.4, 0.5) is 8.78 Å². The molecule has 1 heterocycles. The molecule has 0 bridgehead atoms. The van der Waals surface area contributed by atoms with Gasteiger partial charge in [0.15, 0.2) is 18.1 Å². The average Bonchev–Trinajstić information content (AvgIpc) is 3.10. The number of aryl methyl sites for hydroxylation is 1. The van der Waals surface area contributed by atoms with Gasteiger partial charge in [0.25, 0.3) is 0 Å². The number of ether oxygens (including phenoxy) is 4. The van der Waals surface area contributed by atoms with E-state index in [9.17, 15) is 18.4 Å². The fourth-order valence-electron chi connectivity index (χ4n) is 3.55. The Morgan fingerprint density at radius 1 is 0.970 bits per heavy atom. The zero-order valence-electron chi connectivity index (χ0n) is 18.6. The van der Waals surface area contributed by atoms with Gasteiger partial charge in [-0.05, 0) is 56.3 Å². The number of esters is 1. The molecule has 0 spiro atoms. The third-order valence-corrected chi connectivity index (χ3v) is 5.01. The van der Waals surface area contributed by atoms with Crippen molar-refractivity contribution in [3.8, 4) is 22.9 Å². The lowest BCUT2D eigenvalue weighted by Crippen LogP contribution is -2.16. The molecule has 9 heteroatoms. The number of hydrogen-bond acceptors (Lipinski definition) is 6. The van der Waals surface area contributed by atoms with Crippen molar-refractivity contribution in [2.45, 2.75) is 20.5 Å². The molecule has 0 saturated carbocycles. The van der Waals surface area contributed by atoms with E-state index < -0.39 is 19.2 Å². The summed E-state index contributed by atoms with van der Waals surface area (Å²) in [6.07, 6.45) is 0. The van der Waals surface area contributed by atoms with Gasteiger partial charge >= 0.3 is 12.6 Å². The second-order valence-corrected chi connectivity index (χ2v) is 7.03. The average molecular weight is 459 g/mol. The Kier molecular flexibility index (Phi) is 7.32. The molecular weight excluding hydrogens is 436 g/mol. The molecule has 0 saturated heterocycles. The number of nitrogens with zero attached hydrogens (tertiary/aromatic N) is 1. The first kappa shape index (κ1) is 23.8. The van der Waals surface area contributed by atoms with Crippen LogP contribution in [-0.2, 0) is 4.74 Å². The maximum atomic E-state index is 12.8. The van der Waals surface area contributed by atoms with Crippen LogP contribution >= 0.6 is 0 Å². The molecule has 0 atom stereocenters. The fraction of sp³-hybridized carbons (Fsp3) is 0.250. The summed E-state index contributed by atoms with van der Waals surface area (Å²) in [6, 6.07) is 12.5. The number of carbonyl (C=O) groups is 2. The molecule has 0 amide bonds. The number of rotatable bonds is 9. The maximum absolute atomic E-state index is 12.8. The highest BCUT2D eigenvalue weighted by Gasteiger charge is 2.21. The van der Waals surface area contributed by atoms with Crippen molar-refractivity contribution >= 4 is 11.8 Å². The molecule has 0 N–H and O–H groups in total. The molecule has 174 valence electrons. The van der Waals surface area contributed by atoms with Crippen molar-refractivity contribution in [3.05, 3.63) is 71.0 Å². The van der Waals surface area contributed by atoms with Crippen LogP contribution in [0.2, 0.25) is 0 Å². The highest BCUT2D eigenvalue weighted by atomic mass is 19.3. The summed E-state index contributed by atoms with van der Waals surface area (Å²) in [5.74, 6) is -0.487. The minimum atomic E-state index is -2.91. The molecule has 3 aromatic rings. The van der Waals surface area contributed by atoms with Gasteiger partial charge < -0.3 is 23.5 Å². The summed E-state index contributed by atoms with van der Waals surface area (Å²) in [4.78, 5) is 25.3. The number of aromatic nitrogens is 1. The number of Topliss-reactive ketones (excluding diaryl/α,β-unsaturated/α-hetero) is 1. The predicted octanol–water partition coefficient (Wildman–Crippen LogP) is 4.75. The quantitative estimate of drug-likeness (QED) is 0.340. The monoisotopic (exact) mass is 459 g/mol. The summed E-state index contributed by atoms with van der Waals surface area (Å²) in [5.41, 5.74) is 2.56. The van der Waals surface area contributed by atoms with E-state index in [2.05, 4.69) is 4.74 Å². The molecule has 3 rings (SSSR count). The molecule has 0 fully saturated rings. The molecule has 0 aliphatic carbocycles. The van der Waals surface area contributed by atoms with Gasteiger partial charge in [-0.1, -0.05) is 6.07 Å². The van der Waals surface area contributed by atoms with Gasteiger partial charge in [0.05, 0.1) is 14.2 Å². The lowest BCUT2D eigenvalue weighted by molar-refractivity contribution is -0.0498. The van der Waals surface area contributed by atoms with E-state index in [1.807, 2.05) is 0 Å². The summed E-state index contributed by atoms with van der Waals surface area (Å²) in [6.45, 7) is 0.178. The summed E-state index contributed by atoms with van der Waals surface area (Å²) in [5, 5.41) is 0. The first-order valence-electron chi connectivity index (χ1n) is 9.92. The molecule has 0 aliphatic heterocycles. The zero-order chi connectivity index (χ0) is 24.1. The van der Waals surface area contributed by atoms with Crippen LogP contribution in [0, 0.1) is 13.8 Å². The van der Waals surface area contributed by atoms with Crippen molar-refractivity contribution in [1.82, 2.24) is 4.57 Å². The molecule has 7 nitrogen and oxygen atoms in total. The van der Waals surface area contributed by atoms with Crippen LogP contribution in [0.5, 0.6) is 17.2 Å². The largest absolute Gasteiger partial charge is 0.493 e. The van der Waals surface area contributed by atoms with Gasteiger partial charge in [0, 0.05) is 22.6 Å². The third kappa shape index (κ3) is 5.14. The topological polar surface area (TPSA) is 76.0 Å². The SMILES string of the molecule is COc1cccc(C(=O)OCC(=O)c2cc(C)n(-c3ccc(OC(F)F)cc3)c2C)c1OC. The van der Waals surface area contributed by atoms with Crippen molar-refractivity contribution in [2.75, 3.05) is 20.8 Å². The number of halogens is 2. The first-order valence-corrected chi connectivity index (χ1v) is 9.92. The number of ketones is 1. The van der Waals surface area contributed by atoms with E-state index in [0.717, 1.165) is 5.69 Å². The minimum Gasteiger partial charge on any atom is -0.493 e. The summed E-state index contributed by atoms with van der Waals surface area (Å²) >= 11 is 0. The molecule has 2 aromatic carbocycles. The van der Waals surface area contributed by atoms with Gasteiger partial charge in [-0.3, -0.25) is 4.79 Å². The van der Waals surface area contributed by atoms with E-state index in [-0.39, 0.29) is 22.8 Å². The molecule has 0 aliphatic rings. The minimum absolute atomic E-state index is 0.0346. The van der Waals surface area contributed by atoms with E-state index in [4.69, 9.17) is 14.2 Å². The predicted molar refractivity (Wildman–Crippen MR) is 116 cm³/mol. The van der Waals surface area contributed by atoms with Crippen molar-refractivity contribution in [1.29, 1.82) is 0 Å². The van der Waals surface area contributed by atoms with Crippen LogP contribution < -0.4 is 14.2 Å². The zero-order valence-corrected chi connectivity index (χ0v) is 18.6. The molecule has 33 heavy (non-hydrogen) atoms. The Bertz CT molecular complexity index is 1150. The number of para-hydroxylation sites is 1. The van der Waals surface area contributed by atoms with Crippen LogP contribution in [0.15, 0.2) is 48.5 Å². The Balaban J connectivity index is 1.76. The normalized spacial score (nSPS) is 10.8. The Morgan fingerprint density at radius 2 is 1.67 bits per heavy atom. The number of hydrogen-bond donors (Lipinski definition) is 0. The molecular formula is C24H23F2NO6. The highest BCUT2D eigenvalue weighted by Crippen LogP contribution is 2.31. The Hall–Kier alpha value is -3.88. The van der Waals surface area contributed by atoms with Gasteiger partial charge in [-0.25, -0.2) is 4.79 Å². The number of carbonyl (C=O) groups excluding carboxylic acids is 2. The highest BCUT2D eigenvalue weighted by molar-refractivity contribution is 6.01. The second kappa shape index (κ2) is 10.2. The van der Waals surface area contributed by atoms with Gasteiger partial charge in [0.2, 0.25) is 5.78 Å². The van der Waals surface area contributed by atoms with E-state index in [1.165, 1.54) is 32.4 Å². The fourth-order valence-corrected chi connectivity index (χ4v) is 3.55. The number of methoxy groups -OCH3 is 2. The lowest BCUT2D eigenvalue weighted by Gasteiger charge is -2.12. The first-order chi connectivity index (χ1) is 15.8. The van der Waals surface area contributed by atoms with Gasteiger partial charge in [0.1, 0.15) is 11.3 Å². The number of alkyl halides is 2. The van der Waals surface area contributed by atoms with Gasteiger partial charge in [-0.15, -0.1) is 0 Å². The molecule has 1 aromatic heterocycles. The van der Waals surface area contributed by atoms with Crippen LogP contribution in [-0.4, -0.2) is 43.8 Å². The standard InChI is InChI=1S/C24H23F2NO6/c1-14-12-19(15(2)27(14)16-8-10-17(11-9-16)33-24(25)26)20(28)13-32-23(29)18-6-5-7-21(30-3)22(18)31-4/h5-12,24H,13H2,1-4H3. The summed E-state index contributed by atoms with van der Waals surface area (Å²) in [7, 11) is 2.85. The summed E-state index contributed by atoms with van der Waals surface area (Å²) < 4.78 is 46.5. The van der Waals surface area contributed by atoms with E-state index in [1.54, 1.807) is 48.7 Å². The van der Waals surface area contributed by atoms with Crippen LogP contribution in [0.25, 0.3) is 5.69 Å². The molecule has 0 radical (unpaired) electrons. The van der Waals surface area contributed by atoms with E-state index >= 15 is 0 Å². The Morgan fingerprint density at radius 3 is 2.27 bits per heavy atom. The molecule has 0 unspecified atom stereocenters. The van der Waals surface area contributed by atoms with Crippen LogP contribution in [0.3, 0.4) is 0 Å². The van der Waals surface area contributed by atoms with Crippen molar-refractivity contribution < 1.29 is 37.3 Å². The van der Waals surface area contributed by atoms with Crippen molar-refractivity contribution in [3.63, 3.8) is 0 Å². The van der Waals surface area contributed by atoms with Crippen LogP contribution in [0.1, 0.15) is 32.1 Å². The number of benzene rings is 2. The maximum Gasteiger partial charge on any atom is 0.387 e. The van der Waals surface area contributed by atoms with E-state index in [0.29, 0.717) is 22.7 Å².